The van der Waals surface area contributed by atoms with Crippen molar-refractivity contribution < 1.29 is 9.47 Å². The van der Waals surface area contributed by atoms with Crippen LogP contribution in [0.5, 0.6) is 5.75 Å². The maximum absolute atomic E-state index is 6.08. The summed E-state index contributed by atoms with van der Waals surface area (Å²) in [6.45, 7) is 3.58. The Morgan fingerprint density at radius 1 is 1.21 bits per heavy atom. The first-order valence-corrected chi connectivity index (χ1v) is 7.95. The Kier molecular flexibility index (Phi) is 3.96. The third kappa shape index (κ3) is 3.13. The molecule has 3 heterocycles. The van der Waals surface area contributed by atoms with Gasteiger partial charge in [0.1, 0.15) is 11.9 Å². The Hall–Kier alpha value is -2.74. The Morgan fingerprint density at radius 2 is 2.08 bits per heavy atom. The van der Waals surface area contributed by atoms with Gasteiger partial charge in [-0.1, -0.05) is 0 Å². The molecular formula is C16H18N6O2. The number of nitrogens with one attached hydrogen (secondary N) is 1. The minimum atomic E-state index is 0.236. The van der Waals surface area contributed by atoms with E-state index in [4.69, 9.17) is 9.47 Å². The van der Waals surface area contributed by atoms with Crippen LogP contribution < -0.4 is 10.1 Å². The molecule has 1 fully saturated rings. The molecule has 3 aromatic rings. The van der Waals surface area contributed by atoms with Crippen LogP contribution in [0, 0.1) is 6.92 Å². The summed E-state index contributed by atoms with van der Waals surface area (Å²) < 4.78 is 12.8. The normalized spacial score (nSPS) is 15.5. The van der Waals surface area contributed by atoms with Gasteiger partial charge in [0, 0.05) is 18.5 Å². The number of fused-ring (bicyclic) bond motifs is 1. The highest BCUT2D eigenvalue weighted by molar-refractivity contribution is 5.59. The van der Waals surface area contributed by atoms with Gasteiger partial charge in [-0.3, -0.25) is 0 Å². The second-order valence-corrected chi connectivity index (χ2v) is 5.78. The Balaban J connectivity index is 1.48. The minimum absolute atomic E-state index is 0.236. The van der Waals surface area contributed by atoms with Gasteiger partial charge in [0.05, 0.1) is 13.2 Å². The Labute approximate surface area is 138 Å². The number of nitrogens with zero attached hydrogens (tertiary/aromatic N) is 5. The molecule has 0 saturated carbocycles. The van der Waals surface area contributed by atoms with Crippen LogP contribution in [-0.4, -0.2) is 44.6 Å². The summed E-state index contributed by atoms with van der Waals surface area (Å²) in [5, 5.41) is 18.8. The van der Waals surface area contributed by atoms with Crippen LogP contribution in [0.25, 0.3) is 5.65 Å². The van der Waals surface area contributed by atoms with Gasteiger partial charge in [-0.2, -0.15) is 0 Å². The number of tetrazole rings is 1. The summed E-state index contributed by atoms with van der Waals surface area (Å²) in [4.78, 5) is 0. The predicted octanol–water partition coefficient (Wildman–Crippen LogP) is 2.13. The molecule has 124 valence electrons. The lowest BCUT2D eigenvalue weighted by molar-refractivity contribution is 0.0253. The van der Waals surface area contributed by atoms with Gasteiger partial charge in [-0.25, -0.2) is 0 Å². The number of hydrogen-bond acceptors (Lipinski definition) is 7. The fourth-order valence-electron chi connectivity index (χ4n) is 2.70. The zero-order chi connectivity index (χ0) is 16.4. The molecule has 1 aromatic carbocycles. The van der Waals surface area contributed by atoms with E-state index in [-0.39, 0.29) is 6.10 Å². The van der Waals surface area contributed by atoms with Crippen molar-refractivity contribution in [3.63, 3.8) is 0 Å². The van der Waals surface area contributed by atoms with Crippen LogP contribution in [0.2, 0.25) is 0 Å². The number of aromatic nitrogens is 5. The van der Waals surface area contributed by atoms with Crippen LogP contribution in [0.3, 0.4) is 0 Å². The number of hydrogen-bond donors (Lipinski definition) is 1. The number of aryl methyl sites for hydroxylation is 1. The van der Waals surface area contributed by atoms with Crippen LogP contribution in [0.15, 0.2) is 30.3 Å². The van der Waals surface area contributed by atoms with Gasteiger partial charge in [0.15, 0.2) is 11.5 Å². The Bertz CT molecular complexity index is 843. The van der Waals surface area contributed by atoms with Crippen LogP contribution in [-0.2, 0) is 4.74 Å². The molecule has 1 N–H and O–H groups in total. The molecule has 1 aliphatic heterocycles. The average molecular weight is 326 g/mol. The molecule has 0 aliphatic carbocycles. The van der Waals surface area contributed by atoms with Crippen molar-refractivity contribution >= 4 is 17.2 Å². The maximum atomic E-state index is 6.08. The summed E-state index contributed by atoms with van der Waals surface area (Å²) in [7, 11) is 0. The average Bonchev–Trinajstić information content (AvgIpc) is 3.06. The minimum Gasteiger partial charge on any atom is -0.490 e. The molecule has 0 amide bonds. The van der Waals surface area contributed by atoms with Gasteiger partial charge < -0.3 is 14.8 Å². The quantitative estimate of drug-likeness (QED) is 0.786. The van der Waals surface area contributed by atoms with Crippen molar-refractivity contribution in [2.75, 3.05) is 18.5 Å². The van der Waals surface area contributed by atoms with Gasteiger partial charge in [0.2, 0.25) is 0 Å². The highest BCUT2D eigenvalue weighted by Gasteiger charge is 2.16. The van der Waals surface area contributed by atoms with Crippen molar-refractivity contribution in [3.8, 4) is 5.75 Å². The molecule has 8 nitrogen and oxygen atoms in total. The Morgan fingerprint density at radius 3 is 2.92 bits per heavy atom. The van der Waals surface area contributed by atoms with Crippen LogP contribution >= 0.6 is 0 Å². The topological polar surface area (TPSA) is 86.5 Å². The van der Waals surface area contributed by atoms with Crippen LogP contribution in [0.4, 0.5) is 11.5 Å². The molecule has 0 atom stereocenters. The molecule has 2 aromatic heterocycles. The number of anilines is 2. The molecule has 4 rings (SSSR count). The van der Waals surface area contributed by atoms with E-state index in [0.717, 1.165) is 43.1 Å². The lowest BCUT2D eigenvalue weighted by atomic mass is 10.1. The summed E-state index contributed by atoms with van der Waals surface area (Å²) in [6.07, 6.45) is 2.12. The predicted molar refractivity (Wildman–Crippen MR) is 87.5 cm³/mol. The first-order valence-electron chi connectivity index (χ1n) is 7.95. The van der Waals surface area contributed by atoms with E-state index >= 15 is 0 Å². The fourth-order valence-corrected chi connectivity index (χ4v) is 2.70. The summed E-state index contributed by atoms with van der Waals surface area (Å²) >= 11 is 0. The first kappa shape index (κ1) is 14.8. The van der Waals surface area contributed by atoms with E-state index in [1.54, 1.807) is 0 Å². The van der Waals surface area contributed by atoms with Gasteiger partial charge in [-0.05, 0) is 53.2 Å². The van der Waals surface area contributed by atoms with E-state index in [0.29, 0.717) is 11.5 Å². The lowest BCUT2D eigenvalue weighted by Gasteiger charge is -2.24. The van der Waals surface area contributed by atoms with Crippen molar-refractivity contribution in [1.29, 1.82) is 0 Å². The summed E-state index contributed by atoms with van der Waals surface area (Å²) in [6, 6.07) is 9.66. The smallest absolute Gasteiger partial charge is 0.200 e. The van der Waals surface area contributed by atoms with Gasteiger partial charge in [0.25, 0.3) is 0 Å². The standard InChI is InChI=1S/C16H18N6O2/c1-11-10-12(2-3-14(11)24-13-6-8-23-9-7-13)17-15-4-5-16-18-20-21-22(16)19-15/h2-5,10,13H,6-9H2,1H3,(H,17,19). The fraction of sp³-hybridized carbons (Fsp3) is 0.375. The molecular weight excluding hydrogens is 308 g/mol. The van der Waals surface area contributed by atoms with E-state index in [1.165, 1.54) is 4.63 Å². The summed E-state index contributed by atoms with van der Waals surface area (Å²) in [5.74, 6) is 1.59. The number of ether oxygens (including phenoxy) is 2. The molecule has 0 bridgehead atoms. The zero-order valence-electron chi connectivity index (χ0n) is 13.3. The van der Waals surface area contributed by atoms with E-state index in [2.05, 4.69) is 25.9 Å². The first-order chi connectivity index (χ1) is 11.8. The highest BCUT2D eigenvalue weighted by atomic mass is 16.5. The molecule has 1 saturated heterocycles. The molecule has 1 aliphatic rings. The summed E-state index contributed by atoms with van der Waals surface area (Å²) in [5.41, 5.74) is 2.62. The van der Waals surface area contributed by atoms with Gasteiger partial charge >= 0.3 is 0 Å². The van der Waals surface area contributed by atoms with Crippen molar-refractivity contribution in [1.82, 2.24) is 25.3 Å². The monoisotopic (exact) mass is 326 g/mol. The van der Waals surface area contributed by atoms with Crippen LogP contribution in [0.1, 0.15) is 18.4 Å². The SMILES string of the molecule is Cc1cc(Nc2ccc3nnnn3n2)ccc1OC1CCOCC1. The van der Waals surface area contributed by atoms with Gasteiger partial charge in [-0.15, -0.1) is 14.8 Å². The van der Waals surface area contributed by atoms with E-state index in [9.17, 15) is 0 Å². The maximum Gasteiger partial charge on any atom is 0.200 e. The van der Waals surface area contributed by atoms with Crippen molar-refractivity contribution in [3.05, 3.63) is 35.9 Å². The highest BCUT2D eigenvalue weighted by Crippen LogP contribution is 2.26. The third-order valence-electron chi connectivity index (χ3n) is 3.98. The molecule has 0 spiro atoms. The zero-order valence-corrected chi connectivity index (χ0v) is 13.3. The number of rotatable bonds is 4. The number of benzene rings is 1. The lowest BCUT2D eigenvalue weighted by Crippen LogP contribution is -2.26. The van der Waals surface area contributed by atoms with Crippen molar-refractivity contribution in [2.45, 2.75) is 25.9 Å². The second kappa shape index (κ2) is 6.40. The third-order valence-corrected chi connectivity index (χ3v) is 3.98. The van der Waals surface area contributed by atoms with Crippen molar-refractivity contribution in [2.24, 2.45) is 0 Å². The second-order valence-electron chi connectivity index (χ2n) is 5.78. The molecule has 8 heteroatoms. The molecule has 0 radical (unpaired) electrons. The largest absolute Gasteiger partial charge is 0.490 e. The van der Waals surface area contributed by atoms with E-state index in [1.807, 2.05) is 37.3 Å². The van der Waals surface area contributed by atoms with E-state index < -0.39 is 0 Å². The molecule has 0 unspecified atom stereocenters. The molecule has 24 heavy (non-hydrogen) atoms.